The van der Waals surface area contributed by atoms with E-state index in [1.54, 1.807) is 27.7 Å². The lowest BCUT2D eigenvalue weighted by atomic mass is 10.0. The van der Waals surface area contributed by atoms with Gasteiger partial charge in [-0.25, -0.2) is 13.6 Å². The van der Waals surface area contributed by atoms with Crippen LogP contribution in [0.15, 0.2) is 18.2 Å². The molecule has 122 valence electrons. The number of rotatable bonds is 5. The van der Waals surface area contributed by atoms with Gasteiger partial charge in [0.1, 0.15) is 5.60 Å². The standard InChI is InChI=1S/C16H21F2NO3/c1-10(19-15(21)22-16(2,3)4)5-8-14(20)11-6-7-12(17)13(18)9-11/h6-7,9-10H,5,8H2,1-4H3,(H,19,21)/t10-/m0/s1. The normalized spacial score (nSPS) is 12.6. The molecule has 0 heterocycles. The third kappa shape index (κ3) is 6.20. The Kier molecular flexibility index (Phi) is 6.02. The van der Waals surface area contributed by atoms with Crippen LogP contribution in [0, 0.1) is 11.6 Å². The molecule has 22 heavy (non-hydrogen) atoms. The number of Topliss-reactive ketones (excluding diaryl/α,β-unsaturated/α-hetero) is 1. The smallest absolute Gasteiger partial charge is 0.407 e. The second-order valence-electron chi connectivity index (χ2n) is 6.14. The predicted molar refractivity (Wildman–Crippen MR) is 78.8 cm³/mol. The Labute approximate surface area is 128 Å². The minimum absolute atomic E-state index is 0.113. The van der Waals surface area contributed by atoms with E-state index in [0.717, 1.165) is 12.1 Å². The number of hydrogen-bond acceptors (Lipinski definition) is 3. The fraction of sp³-hybridized carbons (Fsp3) is 0.500. The topological polar surface area (TPSA) is 55.4 Å². The van der Waals surface area contributed by atoms with Gasteiger partial charge in [-0.05, 0) is 52.3 Å². The Morgan fingerprint density at radius 3 is 2.41 bits per heavy atom. The summed E-state index contributed by atoms with van der Waals surface area (Å²) in [7, 11) is 0. The molecular formula is C16H21F2NO3. The first kappa shape index (κ1) is 18.1. The van der Waals surface area contributed by atoms with Crippen LogP contribution < -0.4 is 5.32 Å². The Bertz CT molecular complexity index is 553. The fourth-order valence-corrected chi connectivity index (χ4v) is 1.74. The summed E-state index contributed by atoms with van der Waals surface area (Å²) >= 11 is 0. The number of nitrogens with one attached hydrogen (secondary N) is 1. The van der Waals surface area contributed by atoms with Crippen molar-refractivity contribution in [2.45, 2.75) is 52.2 Å². The van der Waals surface area contributed by atoms with Crippen molar-refractivity contribution in [1.29, 1.82) is 0 Å². The van der Waals surface area contributed by atoms with Crippen LogP contribution in [0.1, 0.15) is 50.9 Å². The molecule has 0 saturated heterocycles. The molecule has 0 fully saturated rings. The highest BCUT2D eigenvalue weighted by atomic mass is 19.2. The zero-order valence-electron chi connectivity index (χ0n) is 13.2. The van der Waals surface area contributed by atoms with Gasteiger partial charge < -0.3 is 10.1 Å². The van der Waals surface area contributed by atoms with Gasteiger partial charge in [0.15, 0.2) is 17.4 Å². The quantitative estimate of drug-likeness (QED) is 0.840. The number of alkyl carbamates (subject to hydrolysis) is 1. The second-order valence-corrected chi connectivity index (χ2v) is 6.14. The molecule has 1 atom stereocenters. The largest absolute Gasteiger partial charge is 0.444 e. The Hall–Kier alpha value is -1.98. The number of amides is 1. The van der Waals surface area contributed by atoms with Crippen LogP contribution in [0.25, 0.3) is 0 Å². The Morgan fingerprint density at radius 2 is 1.86 bits per heavy atom. The first-order valence-electron chi connectivity index (χ1n) is 7.06. The van der Waals surface area contributed by atoms with E-state index < -0.39 is 23.3 Å². The van der Waals surface area contributed by atoms with Crippen molar-refractivity contribution < 1.29 is 23.1 Å². The van der Waals surface area contributed by atoms with E-state index in [2.05, 4.69) is 5.32 Å². The van der Waals surface area contributed by atoms with Gasteiger partial charge in [-0.2, -0.15) is 0 Å². The van der Waals surface area contributed by atoms with Crippen LogP contribution in [-0.2, 0) is 4.74 Å². The van der Waals surface area contributed by atoms with Crippen molar-refractivity contribution in [3.8, 4) is 0 Å². The number of carbonyl (C=O) groups is 2. The highest BCUT2D eigenvalue weighted by molar-refractivity contribution is 5.96. The molecule has 1 rings (SSSR count). The summed E-state index contributed by atoms with van der Waals surface area (Å²) in [5.74, 6) is -2.35. The lowest BCUT2D eigenvalue weighted by Crippen LogP contribution is -2.37. The molecule has 1 aromatic carbocycles. The number of ether oxygens (including phenoxy) is 1. The predicted octanol–water partition coefficient (Wildman–Crippen LogP) is 3.84. The lowest BCUT2D eigenvalue weighted by Gasteiger charge is -2.21. The molecule has 0 aliphatic carbocycles. The summed E-state index contributed by atoms with van der Waals surface area (Å²) in [4.78, 5) is 23.5. The molecule has 0 aliphatic rings. The fourth-order valence-electron chi connectivity index (χ4n) is 1.74. The van der Waals surface area contributed by atoms with Crippen molar-refractivity contribution >= 4 is 11.9 Å². The summed E-state index contributed by atoms with van der Waals surface area (Å²) in [6.07, 6.45) is -0.0701. The number of halogens is 2. The van der Waals surface area contributed by atoms with Crippen LogP contribution in [0.3, 0.4) is 0 Å². The molecule has 0 aromatic heterocycles. The SMILES string of the molecule is C[C@@H](CCC(=O)c1ccc(F)c(F)c1)NC(=O)OC(C)(C)C. The molecule has 0 spiro atoms. The van der Waals surface area contributed by atoms with E-state index in [0.29, 0.717) is 6.42 Å². The van der Waals surface area contributed by atoms with Crippen LogP contribution in [-0.4, -0.2) is 23.5 Å². The molecule has 0 unspecified atom stereocenters. The van der Waals surface area contributed by atoms with E-state index in [1.165, 1.54) is 6.07 Å². The zero-order valence-corrected chi connectivity index (χ0v) is 13.2. The Morgan fingerprint density at radius 1 is 1.23 bits per heavy atom. The van der Waals surface area contributed by atoms with Crippen LogP contribution in [0.4, 0.5) is 13.6 Å². The van der Waals surface area contributed by atoms with Gasteiger partial charge in [0.25, 0.3) is 0 Å². The van der Waals surface area contributed by atoms with Gasteiger partial charge in [-0.3, -0.25) is 4.79 Å². The molecule has 0 radical (unpaired) electrons. The van der Waals surface area contributed by atoms with Gasteiger partial charge >= 0.3 is 6.09 Å². The van der Waals surface area contributed by atoms with E-state index in [9.17, 15) is 18.4 Å². The average molecular weight is 313 g/mol. The second kappa shape index (κ2) is 7.33. The van der Waals surface area contributed by atoms with E-state index in [-0.39, 0.29) is 23.8 Å². The van der Waals surface area contributed by atoms with Gasteiger partial charge in [-0.15, -0.1) is 0 Å². The van der Waals surface area contributed by atoms with Gasteiger partial charge in [0, 0.05) is 18.0 Å². The van der Waals surface area contributed by atoms with Crippen molar-refractivity contribution in [2.75, 3.05) is 0 Å². The summed E-state index contributed by atoms with van der Waals surface area (Å²) in [6.45, 7) is 7.00. The molecule has 0 bridgehead atoms. The monoisotopic (exact) mass is 313 g/mol. The lowest BCUT2D eigenvalue weighted by molar-refractivity contribution is 0.0504. The third-order valence-corrected chi connectivity index (χ3v) is 2.81. The summed E-state index contributed by atoms with van der Waals surface area (Å²) in [6, 6.07) is 2.77. The molecular weight excluding hydrogens is 292 g/mol. The maximum atomic E-state index is 13.1. The molecule has 6 heteroatoms. The molecule has 4 nitrogen and oxygen atoms in total. The van der Waals surface area contributed by atoms with Crippen LogP contribution >= 0.6 is 0 Å². The maximum Gasteiger partial charge on any atom is 0.407 e. The van der Waals surface area contributed by atoms with Gasteiger partial charge in [0.05, 0.1) is 0 Å². The van der Waals surface area contributed by atoms with Crippen molar-refractivity contribution in [1.82, 2.24) is 5.32 Å². The minimum atomic E-state index is -1.05. The van der Waals surface area contributed by atoms with Crippen molar-refractivity contribution in [3.05, 3.63) is 35.4 Å². The number of hydrogen-bond donors (Lipinski definition) is 1. The van der Waals surface area contributed by atoms with E-state index in [1.807, 2.05) is 0 Å². The molecule has 1 aromatic rings. The first-order valence-corrected chi connectivity index (χ1v) is 7.06. The third-order valence-electron chi connectivity index (χ3n) is 2.81. The van der Waals surface area contributed by atoms with Crippen LogP contribution in [0.2, 0.25) is 0 Å². The summed E-state index contributed by atoms with van der Waals surface area (Å²) in [5.41, 5.74) is -0.478. The van der Waals surface area contributed by atoms with Gasteiger partial charge in [-0.1, -0.05) is 0 Å². The minimum Gasteiger partial charge on any atom is -0.444 e. The number of benzene rings is 1. The molecule has 0 aliphatic heterocycles. The molecule has 1 amide bonds. The zero-order chi connectivity index (χ0) is 16.9. The average Bonchev–Trinajstić information content (AvgIpc) is 2.36. The highest BCUT2D eigenvalue weighted by Crippen LogP contribution is 2.13. The Balaban J connectivity index is 2.46. The highest BCUT2D eigenvalue weighted by Gasteiger charge is 2.18. The van der Waals surface area contributed by atoms with Crippen LogP contribution in [0.5, 0.6) is 0 Å². The maximum absolute atomic E-state index is 13.1. The van der Waals surface area contributed by atoms with E-state index in [4.69, 9.17) is 4.74 Å². The number of carbonyl (C=O) groups excluding carboxylic acids is 2. The van der Waals surface area contributed by atoms with E-state index >= 15 is 0 Å². The number of ketones is 1. The first-order chi connectivity index (χ1) is 10.1. The molecule has 0 saturated carbocycles. The summed E-state index contributed by atoms with van der Waals surface area (Å²) in [5, 5.41) is 2.62. The summed E-state index contributed by atoms with van der Waals surface area (Å²) < 4.78 is 31.0. The molecule has 1 N–H and O–H groups in total. The van der Waals surface area contributed by atoms with Crippen molar-refractivity contribution in [3.63, 3.8) is 0 Å². The van der Waals surface area contributed by atoms with Crippen molar-refractivity contribution in [2.24, 2.45) is 0 Å². The van der Waals surface area contributed by atoms with Gasteiger partial charge in [0.2, 0.25) is 0 Å².